The van der Waals surface area contributed by atoms with Gasteiger partial charge in [-0.1, -0.05) is 18.2 Å². The lowest BCUT2D eigenvalue weighted by Crippen LogP contribution is -2.44. The molecule has 2 aromatic carbocycles. The lowest BCUT2D eigenvalue weighted by molar-refractivity contribution is -0.138. The molecule has 1 aliphatic rings. The molecule has 0 saturated carbocycles. The Bertz CT molecular complexity index is 1230. The summed E-state index contributed by atoms with van der Waals surface area (Å²) in [5.74, 6) is -2.93. The maximum absolute atomic E-state index is 14.3. The predicted octanol–water partition coefficient (Wildman–Crippen LogP) is 2.58. The van der Waals surface area contributed by atoms with Gasteiger partial charge in [0.25, 0.3) is 5.91 Å². The van der Waals surface area contributed by atoms with Gasteiger partial charge in [0.05, 0.1) is 11.9 Å². The van der Waals surface area contributed by atoms with Crippen LogP contribution in [0.4, 0.5) is 13.6 Å². The van der Waals surface area contributed by atoms with Crippen LogP contribution < -0.4 is 5.32 Å². The van der Waals surface area contributed by atoms with Crippen molar-refractivity contribution in [2.24, 2.45) is 0 Å². The molecule has 0 radical (unpaired) electrons. The number of hydrogen-bond donors (Lipinski definition) is 1. The van der Waals surface area contributed by atoms with Gasteiger partial charge in [-0.3, -0.25) is 14.5 Å². The first-order valence-corrected chi connectivity index (χ1v) is 10.1. The summed E-state index contributed by atoms with van der Waals surface area (Å²) in [5.41, 5.74) is -0.518. The summed E-state index contributed by atoms with van der Waals surface area (Å²) in [6.45, 7) is 0.933. The van der Waals surface area contributed by atoms with Crippen LogP contribution in [0.3, 0.4) is 0 Å². The van der Waals surface area contributed by atoms with E-state index < -0.39 is 41.6 Å². The van der Waals surface area contributed by atoms with Gasteiger partial charge in [0.1, 0.15) is 23.7 Å². The molecule has 8 nitrogen and oxygen atoms in total. The van der Waals surface area contributed by atoms with Crippen LogP contribution in [0.5, 0.6) is 0 Å². The highest BCUT2D eigenvalue weighted by molar-refractivity contribution is 6.09. The molecule has 33 heavy (non-hydrogen) atoms. The monoisotopic (exact) mass is 453 g/mol. The van der Waals surface area contributed by atoms with Gasteiger partial charge >= 0.3 is 6.03 Å². The van der Waals surface area contributed by atoms with Gasteiger partial charge in [-0.15, -0.1) is 0 Å². The lowest BCUT2D eigenvalue weighted by Gasteiger charge is -2.23. The fourth-order valence-corrected chi connectivity index (χ4v) is 3.69. The summed E-state index contributed by atoms with van der Waals surface area (Å²) >= 11 is 0. The smallest absolute Gasteiger partial charge is 0.325 e. The van der Waals surface area contributed by atoms with Crippen LogP contribution in [-0.4, -0.2) is 51.0 Å². The van der Waals surface area contributed by atoms with Crippen LogP contribution in [0.15, 0.2) is 60.9 Å². The number of carbonyl (C=O) groups is 3. The average molecular weight is 453 g/mol. The number of rotatable bonds is 6. The maximum atomic E-state index is 14.3. The molecule has 4 amide bonds. The molecule has 0 spiro atoms. The fraction of sp³-hybridized carbons (Fsp3) is 0.217. The SMILES string of the molecule is CN(Cc1cnn(-c2ccccc2)c1)C(=O)CN1C(=O)NC(C)(c2cc(F)ccc2F)C1=O. The molecule has 4 rings (SSSR count). The fourth-order valence-electron chi connectivity index (χ4n) is 3.69. The van der Waals surface area contributed by atoms with Crippen molar-refractivity contribution in [2.45, 2.75) is 19.0 Å². The molecule has 1 N–H and O–H groups in total. The van der Waals surface area contributed by atoms with Crippen molar-refractivity contribution in [1.29, 1.82) is 0 Å². The minimum Gasteiger partial charge on any atom is -0.340 e. The Labute approximate surface area is 188 Å². The average Bonchev–Trinajstić information content (AvgIpc) is 3.34. The van der Waals surface area contributed by atoms with Gasteiger partial charge in [0.15, 0.2) is 0 Å². The van der Waals surface area contributed by atoms with E-state index in [1.165, 1.54) is 18.9 Å². The topological polar surface area (TPSA) is 87.5 Å². The Hall–Kier alpha value is -4.08. The Morgan fingerprint density at radius 1 is 1.15 bits per heavy atom. The zero-order valence-corrected chi connectivity index (χ0v) is 18.0. The summed E-state index contributed by atoms with van der Waals surface area (Å²) in [5, 5.41) is 6.65. The Kier molecular flexibility index (Phi) is 5.67. The highest BCUT2D eigenvalue weighted by Gasteiger charge is 2.51. The first kappa shape index (κ1) is 22.1. The van der Waals surface area contributed by atoms with E-state index in [2.05, 4.69) is 10.4 Å². The Balaban J connectivity index is 1.45. The minimum atomic E-state index is -1.82. The molecule has 2 heterocycles. The van der Waals surface area contributed by atoms with Gasteiger partial charge < -0.3 is 10.2 Å². The third-order valence-corrected chi connectivity index (χ3v) is 5.54. The summed E-state index contributed by atoms with van der Waals surface area (Å²) in [4.78, 5) is 40.2. The molecule has 1 aromatic heterocycles. The second kappa shape index (κ2) is 8.45. The van der Waals surface area contributed by atoms with Crippen molar-refractivity contribution in [3.05, 3.63) is 83.7 Å². The molecule has 1 unspecified atom stereocenters. The van der Waals surface area contributed by atoms with E-state index in [0.29, 0.717) is 4.90 Å². The van der Waals surface area contributed by atoms with E-state index in [-0.39, 0.29) is 12.1 Å². The van der Waals surface area contributed by atoms with Crippen LogP contribution >= 0.6 is 0 Å². The summed E-state index contributed by atoms with van der Waals surface area (Å²) in [6.07, 6.45) is 3.39. The molecule has 1 saturated heterocycles. The van der Waals surface area contributed by atoms with E-state index in [4.69, 9.17) is 0 Å². The number of amides is 4. The van der Waals surface area contributed by atoms with Crippen molar-refractivity contribution in [2.75, 3.05) is 13.6 Å². The number of nitrogens with zero attached hydrogens (tertiary/aromatic N) is 4. The van der Waals surface area contributed by atoms with Crippen molar-refractivity contribution in [3.8, 4) is 5.69 Å². The van der Waals surface area contributed by atoms with Crippen LogP contribution in [0.25, 0.3) is 5.69 Å². The molecule has 1 atom stereocenters. The first-order chi connectivity index (χ1) is 15.7. The van der Waals surface area contributed by atoms with Gasteiger partial charge in [-0.05, 0) is 37.3 Å². The third kappa shape index (κ3) is 4.19. The van der Waals surface area contributed by atoms with E-state index >= 15 is 0 Å². The number of urea groups is 1. The number of likely N-dealkylation sites (N-methyl/N-ethyl adjacent to an activating group) is 1. The summed E-state index contributed by atoms with van der Waals surface area (Å²) in [7, 11) is 1.53. The Morgan fingerprint density at radius 2 is 1.88 bits per heavy atom. The van der Waals surface area contributed by atoms with E-state index in [1.54, 1.807) is 17.1 Å². The lowest BCUT2D eigenvalue weighted by atomic mass is 9.91. The molecular weight excluding hydrogens is 432 g/mol. The van der Waals surface area contributed by atoms with E-state index in [9.17, 15) is 23.2 Å². The number of benzene rings is 2. The quantitative estimate of drug-likeness (QED) is 0.582. The summed E-state index contributed by atoms with van der Waals surface area (Å²) < 4.78 is 29.6. The number of hydrogen-bond acceptors (Lipinski definition) is 4. The number of imide groups is 1. The van der Waals surface area contributed by atoms with Crippen molar-refractivity contribution >= 4 is 17.8 Å². The molecule has 170 valence electrons. The predicted molar refractivity (Wildman–Crippen MR) is 114 cm³/mol. The third-order valence-electron chi connectivity index (χ3n) is 5.54. The summed E-state index contributed by atoms with van der Waals surface area (Å²) in [6, 6.07) is 11.2. The van der Waals surface area contributed by atoms with E-state index in [1.807, 2.05) is 30.3 Å². The maximum Gasteiger partial charge on any atom is 0.325 e. The molecular formula is C23H21F2N5O3. The van der Waals surface area contributed by atoms with Gasteiger partial charge in [0.2, 0.25) is 5.91 Å². The molecule has 1 fully saturated rings. The minimum absolute atomic E-state index is 0.200. The number of nitrogens with one attached hydrogen (secondary N) is 1. The normalized spacial score (nSPS) is 17.9. The molecule has 3 aromatic rings. The first-order valence-electron chi connectivity index (χ1n) is 10.1. The second-order valence-electron chi connectivity index (χ2n) is 7.95. The number of para-hydroxylation sites is 1. The van der Waals surface area contributed by atoms with Gasteiger partial charge in [-0.2, -0.15) is 5.10 Å². The molecule has 1 aliphatic heterocycles. The number of carbonyl (C=O) groups excluding carboxylic acids is 3. The van der Waals surface area contributed by atoms with Crippen LogP contribution in [0.2, 0.25) is 0 Å². The van der Waals surface area contributed by atoms with Gasteiger partial charge in [0, 0.05) is 30.9 Å². The molecule has 0 aliphatic carbocycles. The molecule has 0 bridgehead atoms. The van der Waals surface area contributed by atoms with E-state index in [0.717, 1.165) is 29.4 Å². The van der Waals surface area contributed by atoms with Crippen LogP contribution in [0, 0.1) is 11.6 Å². The van der Waals surface area contributed by atoms with Crippen molar-refractivity contribution in [1.82, 2.24) is 24.9 Å². The second-order valence-corrected chi connectivity index (χ2v) is 7.95. The zero-order valence-electron chi connectivity index (χ0n) is 18.0. The van der Waals surface area contributed by atoms with Crippen LogP contribution in [0.1, 0.15) is 18.1 Å². The number of halogens is 2. The zero-order chi connectivity index (χ0) is 23.8. The van der Waals surface area contributed by atoms with Gasteiger partial charge in [-0.25, -0.2) is 18.3 Å². The highest BCUT2D eigenvalue weighted by atomic mass is 19.1. The largest absolute Gasteiger partial charge is 0.340 e. The van der Waals surface area contributed by atoms with Crippen LogP contribution in [-0.2, 0) is 21.7 Å². The van der Waals surface area contributed by atoms with Crippen molar-refractivity contribution in [3.63, 3.8) is 0 Å². The number of aromatic nitrogens is 2. The Morgan fingerprint density at radius 3 is 2.61 bits per heavy atom. The molecule has 10 heteroatoms. The van der Waals surface area contributed by atoms with Crippen molar-refractivity contribution < 1.29 is 23.2 Å². The highest BCUT2D eigenvalue weighted by Crippen LogP contribution is 2.31. The standard InChI is InChI=1S/C23H21F2N5O3/c1-23(18-10-16(24)8-9-19(18)25)21(32)29(22(33)27-23)14-20(31)28(2)12-15-11-26-30(13-15)17-6-4-3-5-7-17/h3-11,13H,12,14H2,1-2H3,(H,27,33).